The molecule has 0 aliphatic carbocycles. The highest BCUT2D eigenvalue weighted by Gasteiger charge is 2.38. The molecule has 0 bridgehead atoms. The highest BCUT2D eigenvalue weighted by Crippen LogP contribution is 2.38. The van der Waals surface area contributed by atoms with E-state index in [-0.39, 0.29) is 6.10 Å². The number of hydrogen-bond acceptors (Lipinski definition) is 1. The SMILES string of the molecule is C=C1CC(O)C(C(C)C)C[Si]1(C)C. The summed E-state index contributed by atoms with van der Waals surface area (Å²) in [7, 11) is -1.22. The molecule has 0 aromatic rings. The molecule has 0 amide bonds. The van der Waals surface area contributed by atoms with Crippen LogP contribution in [0.1, 0.15) is 20.3 Å². The van der Waals surface area contributed by atoms with Crippen LogP contribution in [0.2, 0.25) is 19.1 Å². The van der Waals surface area contributed by atoms with Gasteiger partial charge >= 0.3 is 0 Å². The van der Waals surface area contributed by atoms with E-state index in [1.165, 1.54) is 11.2 Å². The standard InChI is InChI=1S/C11H22OSi/c1-8(2)10-7-13(4,5)9(3)6-11(10)12/h8,10-12H,3,6-7H2,1-2,4-5H3. The van der Waals surface area contributed by atoms with Gasteiger partial charge in [0, 0.05) is 0 Å². The van der Waals surface area contributed by atoms with Gasteiger partial charge in [0.1, 0.15) is 0 Å². The van der Waals surface area contributed by atoms with E-state index >= 15 is 0 Å². The van der Waals surface area contributed by atoms with Gasteiger partial charge in [0.2, 0.25) is 0 Å². The molecule has 0 spiro atoms. The van der Waals surface area contributed by atoms with Crippen molar-refractivity contribution in [3.05, 3.63) is 11.8 Å². The smallest absolute Gasteiger partial charge is 0.0752 e. The van der Waals surface area contributed by atoms with Gasteiger partial charge in [-0.3, -0.25) is 0 Å². The first kappa shape index (κ1) is 11.0. The van der Waals surface area contributed by atoms with Crippen molar-refractivity contribution in [1.82, 2.24) is 0 Å². The predicted molar refractivity (Wildman–Crippen MR) is 60.4 cm³/mol. The van der Waals surface area contributed by atoms with Gasteiger partial charge in [-0.1, -0.05) is 32.1 Å². The maximum atomic E-state index is 9.90. The van der Waals surface area contributed by atoms with Gasteiger partial charge in [-0.2, -0.15) is 0 Å². The largest absolute Gasteiger partial charge is 0.393 e. The second kappa shape index (κ2) is 3.58. The Morgan fingerprint density at radius 1 is 1.46 bits per heavy atom. The van der Waals surface area contributed by atoms with Crippen molar-refractivity contribution in [3.63, 3.8) is 0 Å². The molecule has 0 radical (unpaired) electrons. The lowest BCUT2D eigenvalue weighted by molar-refractivity contribution is 0.0877. The Balaban J connectivity index is 2.76. The summed E-state index contributed by atoms with van der Waals surface area (Å²) in [5.41, 5.74) is 0. The van der Waals surface area contributed by atoms with Crippen molar-refractivity contribution in [2.24, 2.45) is 11.8 Å². The number of aliphatic hydroxyl groups excluding tert-OH is 1. The van der Waals surface area contributed by atoms with E-state index in [0.717, 1.165) is 6.42 Å². The topological polar surface area (TPSA) is 20.2 Å². The minimum Gasteiger partial charge on any atom is -0.393 e. The van der Waals surface area contributed by atoms with E-state index in [1.54, 1.807) is 0 Å². The Morgan fingerprint density at radius 2 is 2.00 bits per heavy atom. The Hall–Kier alpha value is -0.0831. The van der Waals surface area contributed by atoms with E-state index in [2.05, 4.69) is 33.5 Å². The van der Waals surface area contributed by atoms with Crippen LogP contribution < -0.4 is 0 Å². The van der Waals surface area contributed by atoms with Crippen LogP contribution in [0.5, 0.6) is 0 Å². The van der Waals surface area contributed by atoms with Crippen LogP contribution in [0.15, 0.2) is 11.8 Å². The molecular formula is C11H22OSi. The lowest BCUT2D eigenvalue weighted by Gasteiger charge is -2.41. The maximum Gasteiger partial charge on any atom is 0.0752 e. The summed E-state index contributed by atoms with van der Waals surface area (Å²) < 4.78 is 0. The second-order valence-electron chi connectivity index (χ2n) is 5.37. The van der Waals surface area contributed by atoms with Crippen molar-refractivity contribution in [3.8, 4) is 0 Å². The Kier molecular flexibility index (Phi) is 3.03. The molecule has 1 nitrogen and oxygen atoms in total. The summed E-state index contributed by atoms with van der Waals surface area (Å²) in [6.45, 7) is 13.3. The second-order valence-corrected chi connectivity index (χ2v) is 10.3. The average molecular weight is 198 g/mol. The average Bonchev–Trinajstić information content (AvgIpc) is 1.97. The van der Waals surface area contributed by atoms with E-state index in [0.29, 0.717) is 11.8 Å². The van der Waals surface area contributed by atoms with Gasteiger partial charge in [-0.25, -0.2) is 0 Å². The van der Waals surface area contributed by atoms with Crippen LogP contribution in [-0.4, -0.2) is 19.3 Å². The first-order valence-electron chi connectivity index (χ1n) is 5.21. The maximum absolute atomic E-state index is 9.90. The summed E-state index contributed by atoms with van der Waals surface area (Å²) in [4.78, 5) is 0. The van der Waals surface area contributed by atoms with Crippen LogP contribution in [0, 0.1) is 11.8 Å². The summed E-state index contributed by atoms with van der Waals surface area (Å²) >= 11 is 0. The fraction of sp³-hybridized carbons (Fsp3) is 0.818. The molecule has 1 aliphatic heterocycles. The summed E-state index contributed by atoms with van der Waals surface area (Å²) in [6, 6.07) is 1.21. The molecule has 0 aromatic heterocycles. The van der Waals surface area contributed by atoms with Gasteiger partial charge in [0.25, 0.3) is 0 Å². The Bertz CT molecular complexity index is 208. The quantitative estimate of drug-likeness (QED) is 0.642. The normalized spacial score (nSPS) is 33.8. The van der Waals surface area contributed by atoms with Crippen LogP contribution in [0.25, 0.3) is 0 Å². The van der Waals surface area contributed by atoms with Crippen LogP contribution >= 0.6 is 0 Å². The zero-order valence-electron chi connectivity index (χ0n) is 9.30. The molecule has 1 aliphatic rings. The molecule has 1 N–H and O–H groups in total. The van der Waals surface area contributed by atoms with Crippen LogP contribution in [-0.2, 0) is 0 Å². The molecule has 0 aromatic carbocycles. The first-order valence-corrected chi connectivity index (χ1v) is 8.41. The monoisotopic (exact) mass is 198 g/mol. The number of rotatable bonds is 1. The molecule has 1 fully saturated rings. The highest BCUT2D eigenvalue weighted by atomic mass is 28.3. The van der Waals surface area contributed by atoms with Gasteiger partial charge in [-0.15, -0.1) is 6.58 Å². The first-order chi connectivity index (χ1) is 5.84. The van der Waals surface area contributed by atoms with Gasteiger partial charge in [0.05, 0.1) is 14.2 Å². The predicted octanol–water partition coefficient (Wildman–Crippen LogP) is 2.83. The molecule has 13 heavy (non-hydrogen) atoms. The molecule has 1 rings (SSSR count). The lowest BCUT2D eigenvalue weighted by atomic mass is 9.90. The van der Waals surface area contributed by atoms with E-state index < -0.39 is 8.07 Å². The minimum absolute atomic E-state index is 0.131. The van der Waals surface area contributed by atoms with E-state index in [9.17, 15) is 5.11 Å². The fourth-order valence-electron chi connectivity index (χ4n) is 2.23. The number of hydrogen-bond donors (Lipinski definition) is 1. The van der Waals surface area contributed by atoms with Gasteiger partial charge in [0.15, 0.2) is 0 Å². The Labute approximate surface area is 82.9 Å². The van der Waals surface area contributed by atoms with Gasteiger partial charge in [-0.05, 0) is 24.3 Å². The summed E-state index contributed by atoms with van der Waals surface area (Å²) in [6.07, 6.45) is 0.718. The molecule has 2 heteroatoms. The molecule has 2 unspecified atom stereocenters. The van der Waals surface area contributed by atoms with E-state index in [1.807, 2.05) is 0 Å². The van der Waals surface area contributed by atoms with Crippen molar-refractivity contribution in [1.29, 1.82) is 0 Å². The van der Waals surface area contributed by atoms with Gasteiger partial charge < -0.3 is 5.11 Å². The Morgan fingerprint density at radius 3 is 2.46 bits per heavy atom. The van der Waals surface area contributed by atoms with Crippen molar-refractivity contribution in [2.45, 2.75) is 45.5 Å². The zero-order valence-corrected chi connectivity index (χ0v) is 10.3. The minimum atomic E-state index is -1.22. The number of aliphatic hydroxyl groups is 1. The third-order valence-electron chi connectivity index (χ3n) is 3.51. The van der Waals surface area contributed by atoms with Crippen LogP contribution in [0.3, 0.4) is 0 Å². The third-order valence-corrected chi connectivity index (χ3v) is 7.12. The van der Waals surface area contributed by atoms with Crippen molar-refractivity contribution < 1.29 is 5.11 Å². The third kappa shape index (κ3) is 2.23. The van der Waals surface area contributed by atoms with E-state index in [4.69, 9.17) is 0 Å². The molecule has 0 saturated carbocycles. The molecule has 76 valence electrons. The highest BCUT2D eigenvalue weighted by molar-refractivity contribution is 6.84. The fourth-order valence-corrected chi connectivity index (χ4v) is 5.20. The molecule has 2 atom stereocenters. The summed E-state index contributed by atoms with van der Waals surface area (Å²) in [5, 5.41) is 11.2. The molecule has 1 saturated heterocycles. The lowest BCUT2D eigenvalue weighted by Crippen LogP contribution is -2.44. The zero-order chi connectivity index (χ0) is 10.2. The van der Waals surface area contributed by atoms with Crippen molar-refractivity contribution >= 4 is 8.07 Å². The molecule has 1 heterocycles. The van der Waals surface area contributed by atoms with Crippen LogP contribution in [0.4, 0.5) is 0 Å². The van der Waals surface area contributed by atoms with Crippen molar-refractivity contribution in [2.75, 3.05) is 0 Å². The summed E-state index contributed by atoms with van der Waals surface area (Å²) in [5.74, 6) is 1.11. The molecular weight excluding hydrogens is 176 g/mol.